The highest BCUT2D eigenvalue weighted by Gasteiger charge is 2.54. The predicted molar refractivity (Wildman–Crippen MR) is 142 cm³/mol. The smallest absolute Gasteiger partial charge is 0.375 e. The van der Waals surface area contributed by atoms with E-state index >= 15 is 4.39 Å². The van der Waals surface area contributed by atoms with E-state index in [1.807, 2.05) is 6.07 Å². The summed E-state index contributed by atoms with van der Waals surface area (Å²) in [7, 11) is 1.20. The predicted octanol–water partition coefficient (Wildman–Crippen LogP) is 4.77. The standard InChI is InChI=1S/C28H30F4N6O3/c1-15-14-34-22(36-24(40)10-16-5-4-6-18(9-16)35-23(39)7-8-33)13-19(15)17-11-20-25(21(29)12-17)37-38(3)26(20)27(2,41)28(30,31)32/h11-14,16,18,41H,4-7,9-10H2,1-3H3,(H,35,39)(H,34,36,40)/t16-,18+,27?/m0/s1. The molecule has 41 heavy (non-hydrogen) atoms. The molecular formula is C28H30F4N6O3. The van der Waals surface area contributed by atoms with Gasteiger partial charge in [-0.3, -0.25) is 14.3 Å². The maximum atomic E-state index is 15.1. The van der Waals surface area contributed by atoms with E-state index in [0.717, 1.165) is 30.0 Å². The number of alkyl halides is 3. The number of carbonyl (C=O) groups is 2. The minimum atomic E-state index is -5.04. The normalized spacial score (nSPS) is 18.9. The van der Waals surface area contributed by atoms with Crippen LogP contribution in [0.5, 0.6) is 0 Å². The molecule has 0 bridgehead atoms. The van der Waals surface area contributed by atoms with E-state index < -0.39 is 23.3 Å². The highest BCUT2D eigenvalue weighted by Crippen LogP contribution is 2.42. The van der Waals surface area contributed by atoms with Crippen LogP contribution in [-0.4, -0.2) is 43.9 Å². The van der Waals surface area contributed by atoms with Crippen LogP contribution < -0.4 is 10.6 Å². The minimum absolute atomic E-state index is 0.0167. The average Bonchev–Trinajstić information content (AvgIpc) is 3.21. The van der Waals surface area contributed by atoms with Gasteiger partial charge in [0.05, 0.1) is 11.8 Å². The lowest BCUT2D eigenvalue weighted by atomic mass is 9.83. The zero-order chi connectivity index (χ0) is 30.1. The van der Waals surface area contributed by atoms with Crippen LogP contribution in [0.4, 0.5) is 23.4 Å². The third-order valence-electron chi connectivity index (χ3n) is 7.45. The van der Waals surface area contributed by atoms with Gasteiger partial charge in [-0.2, -0.15) is 23.5 Å². The maximum Gasteiger partial charge on any atom is 0.422 e. The molecule has 2 aromatic heterocycles. The minimum Gasteiger partial charge on any atom is -0.375 e. The summed E-state index contributed by atoms with van der Waals surface area (Å²) in [6.45, 7) is 2.28. The summed E-state index contributed by atoms with van der Waals surface area (Å²) in [5.74, 6) is -1.32. The Labute approximate surface area is 233 Å². The molecule has 1 fully saturated rings. The molecule has 2 amide bonds. The molecule has 3 atom stereocenters. The summed E-state index contributed by atoms with van der Waals surface area (Å²) >= 11 is 0. The molecule has 0 radical (unpaired) electrons. The van der Waals surface area contributed by atoms with Crippen molar-refractivity contribution in [3.05, 3.63) is 41.5 Å². The molecule has 9 nitrogen and oxygen atoms in total. The Morgan fingerprint density at radius 3 is 2.63 bits per heavy atom. The van der Waals surface area contributed by atoms with Crippen molar-refractivity contribution in [1.82, 2.24) is 20.1 Å². The van der Waals surface area contributed by atoms with Crippen LogP contribution in [0, 0.1) is 30.0 Å². The van der Waals surface area contributed by atoms with Crippen molar-refractivity contribution in [2.24, 2.45) is 13.0 Å². The Balaban J connectivity index is 1.57. The number of nitrogens with one attached hydrogen (secondary N) is 2. The third-order valence-corrected chi connectivity index (χ3v) is 7.45. The Morgan fingerprint density at radius 1 is 1.22 bits per heavy atom. The number of halogens is 4. The molecule has 13 heteroatoms. The number of fused-ring (bicyclic) bond motifs is 1. The molecule has 2 heterocycles. The Hall–Kier alpha value is -4.05. The number of pyridine rings is 1. The molecule has 1 saturated carbocycles. The van der Waals surface area contributed by atoms with Gasteiger partial charge in [-0.25, -0.2) is 9.37 Å². The van der Waals surface area contributed by atoms with Gasteiger partial charge in [0.1, 0.15) is 17.8 Å². The van der Waals surface area contributed by atoms with Crippen LogP contribution in [-0.2, 0) is 22.2 Å². The van der Waals surface area contributed by atoms with Crippen LogP contribution >= 0.6 is 0 Å². The van der Waals surface area contributed by atoms with E-state index in [0.29, 0.717) is 24.5 Å². The first kappa shape index (κ1) is 29.9. The van der Waals surface area contributed by atoms with Crippen LogP contribution in [0.2, 0.25) is 0 Å². The molecule has 0 aliphatic heterocycles. The number of carbonyl (C=O) groups excluding carboxylic acids is 2. The number of amides is 2. The molecule has 1 aliphatic rings. The summed E-state index contributed by atoms with van der Waals surface area (Å²) in [5, 5.41) is 28.3. The Kier molecular flexibility index (Phi) is 8.35. The second kappa shape index (κ2) is 11.4. The number of benzene rings is 1. The SMILES string of the molecule is Cc1cnc(NC(=O)C[C@H]2CCC[C@@H](NC(=O)CC#N)C2)cc1-c1cc(F)c2nn(C)c(C(C)(O)C(F)(F)F)c2c1. The van der Waals surface area contributed by atoms with Crippen molar-refractivity contribution < 1.29 is 32.3 Å². The summed E-state index contributed by atoms with van der Waals surface area (Å²) in [6.07, 6.45) is -0.602. The highest BCUT2D eigenvalue weighted by atomic mass is 19.4. The van der Waals surface area contributed by atoms with Crippen molar-refractivity contribution in [1.29, 1.82) is 5.26 Å². The van der Waals surface area contributed by atoms with Crippen molar-refractivity contribution >= 4 is 28.5 Å². The van der Waals surface area contributed by atoms with E-state index in [2.05, 4.69) is 20.7 Å². The zero-order valence-corrected chi connectivity index (χ0v) is 22.8. The van der Waals surface area contributed by atoms with Gasteiger partial charge in [-0.1, -0.05) is 6.42 Å². The number of rotatable bonds is 7. The quantitative estimate of drug-likeness (QED) is 0.348. The van der Waals surface area contributed by atoms with E-state index in [1.54, 1.807) is 6.92 Å². The second-order valence-electron chi connectivity index (χ2n) is 10.7. The van der Waals surface area contributed by atoms with Crippen LogP contribution in [0.3, 0.4) is 0 Å². The highest BCUT2D eigenvalue weighted by molar-refractivity contribution is 5.92. The topological polar surface area (TPSA) is 133 Å². The Morgan fingerprint density at radius 2 is 1.95 bits per heavy atom. The van der Waals surface area contributed by atoms with Gasteiger partial charge in [0, 0.05) is 31.1 Å². The molecule has 3 aromatic rings. The van der Waals surface area contributed by atoms with Crippen LogP contribution in [0.15, 0.2) is 24.4 Å². The fourth-order valence-corrected chi connectivity index (χ4v) is 5.44. The first-order valence-corrected chi connectivity index (χ1v) is 13.1. The fraction of sp³-hybridized carbons (Fsp3) is 0.464. The second-order valence-corrected chi connectivity index (χ2v) is 10.7. The van der Waals surface area contributed by atoms with E-state index in [1.165, 1.54) is 25.4 Å². The average molecular weight is 575 g/mol. The largest absolute Gasteiger partial charge is 0.422 e. The van der Waals surface area contributed by atoms with Crippen molar-refractivity contribution in [2.75, 3.05) is 5.32 Å². The van der Waals surface area contributed by atoms with Gasteiger partial charge in [-0.05, 0) is 73.9 Å². The van der Waals surface area contributed by atoms with Crippen molar-refractivity contribution in [3.8, 4) is 17.2 Å². The van der Waals surface area contributed by atoms with E-state index in [-0.39, 0.29) is 58.9 Å². The van der Waals surface area contributed by atoms with Gasteiger partial charge >= 0.3 is 6.18 Å². The van der Waals surface area contributed by atoms with E-state index in [9.17, 15) is 27.9 Å². The van der Waals surface area contributed by atoms with Gasteiger partial charge in [0.15, 0.2) is 11.4 Å². The van der Waals surface area contributed by atoms with Crippen LogP contribution in [0.25, 0.3) is 22.0 Å². The molecule has 0 spiro atoms. The lowest BCUT2D eigenvalue weighted by molar-refractivity contribution is -0.260. The van der Waals surface area contributed by atoms with Crippen LogP contribution in [0.1, 0.15) is 56.7 Å². The molecule has 3 N–H and O–H groups in total. The number of anilines is 1. The number of aryl methyl sites for hydroxylation is 2. The molecule has 4 rings (SSSR count). The van der Waals surface area contributed by atoms with Gasteiger partial charge in [0.25, 0.3) is 0 Å². The van der Waals surface area contributed by atoms with Crippen molar-refractivity contribution in [3.63, 3.8) is 0 Å². The maximum absolute atomic E-state index is 15.1. The molecule has 1 unspecified atom stereocenters. The first-order chi connectivity index (χ1) is 19.2. The summed E-state index contributed by atoms with van der Waals surface area (Å²) in [4.78, 5) is 28.8. The lowest BCUT2D eigenvalue weighted by Gasteiger charge is -2.29. The van der Waals surface area contributed by atoms with E-state index in [4.69, 9.17) is 5.26 Å². The number of nitrogens with zero attached hydrogens (tertiary/aromatic N) is 4. The fourth-order valence-electron chi connectivity index (χ4n) is 5.44. The third kappa shape index (κ3) is 6.32. The first-order valence-electron chi connectivity index (χ1n) is 13.1. The summed E-state index contributed by atoms with van der Waals surface area (Å²) in [6, 6.07) is 5.69. The molecule has 0 saturated heterocycles. The number of nitriles is 1. The number of hydrogen-bond acceptors (Lipinski definition) is 6. The molecule has 1 aliphatic carbocycles. The number of hydrogen-bond donors (Lipinski definition) is 3. The summed E-state index contributed by atoms with van der Waals surface area (Å²) in [5.41, 5.74) is -2.97. The molecule has 1 aromatic carbocycles. The molecule has 218 valence electrons. The monoisotopic (exact) mass is 574 g/mol. The van der Waals surface area contributed by atoms with Gasteiger partial charge in [0.2, 0.25) is 11.8 Å². The Bertz CT molecular complexity index is 1530. The van der Waals surface area contributed by atoms with Crippen molar-refractivity contribution in [2.45, 2.75) is 70.2 Å². The zero-order valence-electron chi connectivity index (χ0n) is 22.8. The van der Waals surface area contributed by atoms with Gasteiger partial charge < -0.3 is 15.7 Å². The lowest BCUT2D eigenvalue weighted by Crippen LogP contribution is -2.41. The summed E-state index contributed by atoms with van der Waals surface area (Å²) < 4.78 is 57.0. The number of aromatic nitrogens is 3. The number of aliphatic hydroxyl groups is 1. The molecular weight excluding hydrogens is 544 g/mol. The van der Waals surface area contributed by atoms with Gasteiger partial charge in [-0.15, -0.1) is 0 Å².